The van der Waals surface area contributed by atoms with Crippen LogP contribution in [0.5, 0.6) is 23.0 Å². The Morgan fingerprint density at radius 3 is 0.976 bits per heavy atom. The second-order valence-electron chi connectivity index (χ2n) is 23.1. The van der Waals surface area contributed by atoms with Crippen LogP contribution >= 0.6 is 0 Å². The zero-order valence-corrected chi connectivity index (χ0v) is 47.4. The first-order chi connectivity index (χ1) is 39.2. The molecule has 0 fully saturated rings. The maximum atomic E-state index is 13.3. The van der Waals surface area contributed by atoms with Gasteiger partial charge in [-0.3, -0.25) is 49.2 Å². The Morgan fingerprint density at radius 2 is 0.720 bits per heavy atom. The third-order valence-corrected chi connectivity index (χ3v) is 15.1. The van der Waals surface area contributed by atoms with Gasteiger partial charge in [0, 0.05) is 85.3 Å². The highest BCUT2D eigenvalue weighted by Gasteiger charge is 2.36. The maximum Gasteiger partial charge on any atom is 0.270 e. The monoisotopic (exact) mass is 1110 g/mol. The van der Waals surface area contributed by atoms with E-state index in [2.05, 4.69) is 54.7 Å². The molecule has 3 aliphatic rings. The van der Waals surface area contributed by atoms with E-state index in [9.17, 15) is 39.4 Å². The van der Waals surface area contributed by atoms with Crippen LogP contribution in [0.2, 0.25) is 0 Å². The molecule has 16 nitrogen and oxygen atoms in total. The predicted octanol–water partition coefficient (Wildman–Crippen LogP) is 12.8. The van der Waals surface area contributed by atoms with Gasteiger partial charge in [-0.15, -0.1) is 0 Å². The lowest BCUT2D eigenvalue weighted by atomic mass is 9.81. The number of ether oxygens (including phenoxy) is 4. The number of rotatable bonds is 20. The van der Waals surface area contributed by atoms with Gasteiger partial charge in [0.15, 0.2) is 0 Å². The fourth-order valence-corrected chi connectivity index (χ4v) is 10.9. The third-order valence-electron chi connectivity index (χ3n) is 15.1. The fourth-order valence-electron chi connectivity index (χ4n) is 10.9. The number of nitrogens with zero attached hydrogens (tertiary/aromatic N) is 4. The number of non-ortho nitro benzene ring substituents is 2. The molecule has 424 valence electrons. The van der Waals surface area contributed by atoms with Crippen LogP contribution in [0.25, 0.3) is 0 Å². The molecule has 2 aliphatic heterocycles. The van der Waals surface area contributed by atoms with Crippen LogP contribution in [-0.4, -0.2) is 82.8 Å². The van der Waals surface area contributed by atoms with Crippen LogP contribution in [0.1, 0.15) is 164 Å². The van der Waals surface area contributed by atoms with Crippen LogP contribution in [0.3, 0.4) is 0 Å². The Bertz CT molecular complexity index is 3170. The number of carbonyl (C=O) groups excluding carboxylic acids is 4. The lowest BCUT2D eigenvalue weighted by molar-refractivity contribution is -0.385. The molecule has 0 saturated heterocycles. The quantitative estimate of drug-likeness (QED) is 0.0230. The number of unbranched alkanes of at least 4 members (excludes halogenated alkanes) is 2. The molecule has 0 saturated carbocycles. The van der Waals surface area contributed by atoms with Crippen molar-refractivity contribution in [2.75, 3.05) is 39.5 Å². The summed E-state index contributed by atoms with van der Waals surface area (Å²) >= 11 is 0. The number of nitro benzene ring substituents is 2. The van der Waals surface area contributed by atoms with Crippen molar-refractivity contribution >= 4 is 35.0 Å². The van der Waals surface area contributed by atoms with Crippen molar-refractivity contribution in [3.05, 3.63) is 220 Å². The largest absolute Gasteiger partial charge is 0.493 e. The fraction of sp³-hybridized carbons (Fsp3) is 0.333. The SMILES string of the molecule is C=CCOc1c2cc([N+](=O)[O-])cc1Cc1cc(C(C)(C)C)cc(c1OCCCCN1C(=O)c3ccccc3C1=O)Cc1cc([N+](=O)[O-])cc(c1OCC=C)Cc1cc(C(C)(C)C)cc(c1OCCCCN1C(=O)c3ccccc3C1=O)C2. The van der Waals surface area contributed by atoms with Gasteiger partial charge in [-0.25, -0.2) is 0 Å². The standard InChI is InChI=1S/C66H68N4O12/c1-9-25-79-59-45-29-41-33-49(65(3,4)5)35-43(57(41)81-27-17-15-23-67-61(71)53-19-11-12-20-54(53)62(67)72)31-47-39-52(70(77)78)40-48(60(47)80-26-10-2)32-44-36-50(66(6,7)8)34-42(30-46(59)38-51(37-45)69(75)76)58(44)82-28-18-16-24-68-63(73)55-21-13-14-22-56(55)64(68)74/h9-14,19-22,33-40H,1-2,15-18,23-32H2,3-8H3. The van der Waals surface area contributed by atoms with Crippen molar-refractivity contribution in [3.63, 3.8) is 0 Å². The molecular weight excluding hydrogens is 1040 g/mol. The van der Waals surface area contributed by atoms with Gasteiger partial charge in [0.1, 0.15) is 36.2 Å². The smallest absolute Gasteiger partial charge is 0.270 e. The number of imide groups is 2. The van der Waals surface area contributed by atoms with Crippen molar-refractivity contribution in [1.29, 1.82) is 0 Å². The summed E-state index contributed by atoms with van der Waals surface area (Å²) in [6.45, 7) is 21.1. The van der Waals surface area contributed by atoms with Gasteiger partial charge in [-0.1, -0.05) is 115 Å². The Labute approximate surface area is 477 Å². The minimum absolute atomic E-state index is 0.0756. The number of benzene rings is 6. The van der Waals surface area contributed by atoms with Crippen molar-refractivity contribution < 1.29 is 48.0 Å². The van der Waals surface area contributed by atoms with Crippen LogP contribution in [-0.2, 0) is 36.5 Å². The molecule has 0 spiro atoms. The Kier molecular flexibility index (Phi) is 16.9. The molecular formula is C66H68N4O12. The molecule has 16 heteroatoms. The van der Waals surface area contributed by atoms with E-state index in [1.54, 1.807) is 60.7 Å². The Hall–Kier alpha value is -8.92. The summed E-state index contributed by atoms with van der Waals surface area (Å²) in [6, 6.07) is 27.7. The molecule has 0 N–H and O–H groups in total. The number of fused-ring (bicyclic) bond motifs is 10. The van der Waals surface area contributed by atoms with Crippen LogP contribution in [0.15, 0.2) is 122 Å². The van der Waals surface area contributed by atoms with Crippen molar-refractivity contribution in [3.8, 4) is 23.0 Å². The highest BCUT2D eigenvalue weighted by Crippen LogP contribution is 2.44. The summed E-state index contributed by atoms with van der Waals surface area (Å²) < 4.78 is 27.0. The zero-order chi connectivity index (χ0) is 58.6. The number of hydrogen-bond acceptors (Lipinski definition) is 12. The van der Waals surface area contributed by atoms with Crippen molar-refractivity contribution in [2.45, 2.75) is 104 Å². The number of nitro groups is 2. The minimum Gasteiger partial charge on any atom is -0.493 e. The van der Waals surface area contributed by atoms with E-state index < -0.39 is 20.7 Å². The second kappa shape index (κ2) is 24.0. The first kappa shape index (κ1) is 57.8. The summed E-state index contributed by atoms with van der Waals surface area (Å²) in [5.74, 6) is 0.377. The summed E-state index contributed by atoms with van der Waals surface area (Å²) in [4.78, 5) is 81.0. The second-order valence-corrected chi connectivity index (χ2v) is 23.1. The van der Waals surface area contributed by atoms with E-state index >= 15 is 0 Å². The van der Waals surface area contributed by atoms with Gasteiger partial charge in [-0.05, 0) is 94.2 Å². The molecule has 8 bridgehead atoms. The summed E-state index contributed by atoms with van der Waals surface area (Å²) in [5, 5.41) is 26.2. The molecule has 0 atom stereocenters. The van der Waals surface area contributed by atoms with Crippen molar-refractivity contribution in [1.82, 2.24) is 9.80 Å². The minimum atomic E-state index is -0.444. The van der Waals surface area contributed by atoms with Gasteiger partial charge in [0.2, 0.25) is 0 Å². The molecule has 1 aliphatic carbocycles. The van der Waals surface area contributed by atoms with Gasteiger partial charge < -0.3 is 18.9 Å². The van der Waals surface area contributed by atoms with Crippen LogP contribution in [0.4, 0.5) is 11.4 Å². The molecule has 0 radical (unpaired) electrons. The molecule has 2 heterocycles. The van der Waals surface area contributed by atoms with Crippen molar-refractivity contribution in [2.24, 2.45) is 0 Å². The van der Waals surface area contributed by atoms with Gasteiger partial charge in [0.25, 0.3) is 35.0 Å². The average Bonchev–Trinajstić information content (AvgIpc) is 3.91. The van der Waals surface area contributed by atoms with E-state index in [1.165, 1.54) is 34.1 Å². The third kappa shape index (κ3) is 12.2. The number of amides is 4. The molecule has 6 aromatic carbocycles. The average molecular weight is 1110 g/mol. The van der Waals surface area contributed by atoms with Crippen LogP contribution < -0.4 is 18.9 Å². The van der Waals surface area contributed by atoms with E-state index in [1.807, 2.05) is 24.3 Å². The Balaban J connectivity index is 1.18. The molecule has 6 aromatic rings. The van der Waals surface area contributed by atoms with E-state index in [4.69, 9.17) is 18.9 Å². The number of carbonyl (C=O) groups is 4. The summed E-state index contributed by atoms with van der Waals surface area (Å²) in [6.07, 6.45) is 5.31. The molecule has 0 unspecified atom stereocenters. The topological polar surface area (TPSA) is 198 Å². The maximum absolute atomic E-state index is 13.3. The van der Waals surface area contributed by atoms with Crippen LogP contribution in [0, 0.1) is 20.2 Å². The lowest BCUT2D eigenvalue weighted by Crippen LogP contribution is -2.30. The first-order valence-corrected chi connectivity index (χ1v) is 27.7. The molecule has 82 heavy (non-hydrogen) atoms. The van der Waals surface area contributed by atoms with Gasteiger partial charge >= 0.3 is 0 Å². The number of hydrogen-bond donors (Lipinski definition) is 0. The molecule has 4 amide bonds. The summed E-state index contributed by atoms with van der Waals surface area (Å²) in [5.41, 5.74) is 6.78. The van der Waals surface area contributed by atoms with E-state index in [0.717, 1.165) is 11.1 Å². The van der Waals surface area contributed by atoms with Gasteiger partial charge in [-0.2, -0.15) is 0 Å². The highest BCUT2D eigenvalue weighted by atomic mass is 16.6. The molecule has 9 rings (SSSR count). The van der Waals surface area contributed by atoms with E-state index in [-0.39, 0.29) is 100 Å². The highest BCUT2D eigenvalue weighted by molar-refractivity contribution is 6.22. The molecule has 0 aromatic heterocycles. The van der Waals surface area contributed by atoms with Gasteiger partial charge in [0.05, 0.1) is 45.3 Å². The lowest BCUT2D eigenvalue weighted by Gasteiger charge is -2.27. The predicted molar refractivity (Wildman–Crippen MR) is 312 cm³/mol. The summed E-state index contributed by atoms with van der Waals surface area (Å²) in [7, 11) is 0. The zero-order valence-electron chi connectivity index (χ0n) is 47.4. The Morgan fingerprint density at radius 1 is 0.451 bits per heavy atom. The first-order valence-electron chi connectivity index (χ1n) is 27.7. The normalized spacial score (nSPS) is 13.9. The van der Waals surface area contributed by atoms with E-state index in [0.29, 0.717) is 115 Å².